The molecule has 5 heteroatoms. The van der Waals surface area contributed by atoms with Gasteiger partial charge in [-0.3, -0.25) is 4.79 Å². The Kier molecular flexibility index (Phi) is 5.87. The molecule has 0 aliphatic carbocycles. The Morgan fingerprint density at radius 1 is 1.36 bits per heavy atom. The molecule has 0 aliphatic heterocycles. The Bertz CT molecular complexity index is 201. The highest BCUT2D eigenvalue weighted by atomic mass is 16.6. The van der Waals surface area contributed by atoms with Crippen molar-refractivity contribution < 1.29 is 24.5 Å². The van der Waals surface area contributed by atoms with E-state index in [1.165, 1.54) is 0 Å². The largest absolute Gasteiger partial charge is 0.478 e. The van der Waals surface area contributed by atoms with E-state index in [9.17, 15) is 14.7 Å². The second kappa shape index (κ2) is 6.37. The molecule has 0 aromatic heterocycles. The Labute approximate surface area is 82.7 Å². The predicted molar refractivity (Wildman–Crippen MR) is 48.7 cm³/mol. The van der Waals surface area contributed by atoms with E-state index in [-0.39, 0.29) is 12.8 Å². The van der Waals surface area contributed by atoms with Gasteiger partial charge in [0.05, 0.1) is 0 Å². The van der Waals surface area contributed by atoms with Crippen molar-refractivity contribution >= 4 is 11.9 Å². The van der Waals surface area contributed by atoms with Crippen LogP contribution in [-0.2, 0) is 14.3 Å². The molecule has 0 aliphatic rings. The Hall–Kier alpha value is -1.10. The number of carbonyl (C=O) groups excluding carboxylic acids is 1. The number of carboxylic acids is 1. The number of aliphatic carboxylic acids is 1. The third kappa shape index (κ3) is 4.23. The maximum absolute atomic E-state index is 11.0. The number of hydrogen-bond acceptors (Lipinski definition) is 4. The van der Waals surface area contributed by atoms with Crippen LogP contribution in [0.2, 0.25) is 0 Å². The highest BCUT2D eigenvalue weighted by molar-refractivity contribution is 5.78. The van der Waals surface area contributed by atoms with Crippen molar-refractivity contribution in [3.05, 3.63) is 0 Å². The van der Waals surface area contributed by atoms with Crippen LogP contribution in [0.1, 0.15) is 33.1 Å². The summed E-state index contributed by atoms with van der Waals surface area (Å²) < 4.78 is 4.62. The van der Waals surface area contributed by atoms with Crippen LogP contribution in [0, 0.1) is 0 Å². The second-order valence-corrected chi connectivity index (χ2v) is 2.97. The summed E-state index contributed by atoms with van der Waals surface area (Å²) in [6, 6.07) is 0. The first-order chi connectivity index (χ1) is 6.52. The highest BCUT2D eigenvalue weighted by Crippen LogP contribution is 2.06. The molecule has 0 saturated heterocycles. The van der Waals surface area contributed by atoms with Crippen LogP contribution in [0.5, 0.6) is 0 Å². The number of carboxylic acid groups (broad SMARTS) is 1. The Morgan fingerprint density at radius 3 is 2.29 bits per heavy atom. The molecular formula is C9H16O5. The molecule has 0 heterocycles. The van der Waals surface area contributed by atoms with Crippen LogP contribution in [0.15, 0.2) is 0 Å². The minimum atomic E-state index is -1.45. The number of carbonyl (C=O) groups is 2. The lowest BCUT2D eigenvalue weighted by atomic mass is 10.1. The Morgan fingerprint density at radius 2 is 1.93 bits per heavy atom. The van der Waals surface area contributed by atoms with Gasteiger partial charge in [-0.25, -0.2) is 4.79 Å². The molecule has 2 atom stereocenters. The zero-order valence-corrected chi connectivity index (χ0v) is 8.40. The number of aliphatic hydroxyl groups is 1. The zero-order chi connectivity index (χ0) is 11.1. The maximum Gasteiger partial charge on any atom is 0.347 e. The summed E-state index contributed by atoms with van der Waals surface area (Å²) in [4.78, 5) is 21.6. The molecule has 0 amide bonds. The SMILES string of the molecule is CCCC(=O)OC(C(=O)O)C(O)CC. The molecule has 0 aromatic rings. The van der Waals surface area contributed by atoms with E-state index >= 15 is 0 Å². The first-order valence-corrected chi connectivity index (χ1v) is 4.63. The lowest BCUT2D eigenvalue weighted by Crippen LogP contribution is -2.37. The molecular weight excluding hydrogens is 188 g/mol. The molecule has 0 rings (SSSR count). The van der Waals surface area contributed by atoms with Gasteiger partial charge in [-0.1, -0.05) is 13.8 Å². The lowest BCUT2D eigenvalue weighted by Gasteiger charge is -2.17. The lowest BCUT2D eigenvalue weighted by molar-refractivity contribution is -0.171. The summed E-state index contributed by atoms with van der Waals surface area (Å²) in [7, 11) is 0. The van der Waals surface area contributed by atoms with Gasteiger partial charge in [-0.05, 0) is 12.8 Å². The number of esters is 1. The molecule has 0 spiro atoms. The third-order valence-electron chi connectivity index (χ3n) is 1.72. The number of ether oxygens (including phenoxy) is 1. The summed E-state index contributed by atoms with van der Waals surface area (Å²) in [5, 5.41) is 17.9. The summed E-state index contributed by atoms with van der Waals surface area (Å²) in [5.41, 5.74) is 0. The standard InChI is InChI=1S/C9H16O5/c1-3-5-7(11)14-8(9(12)13)6(10)4-2/h6,8,10H,3-5H2,1-2H3,(H,12,13). The van der Waals surface area contributed by atoms with Gasteiger partial charge in [-0.15, -0.1) is 0 Å². The van der Waals surface area contributed by atoms with Crippen molar-refractivity contribution in [1.29, 1.82) is 0 Å². The summed E-state index contributed by atoms with van der Waals surface area (Å²) >= 11 is 0. The number of rotatable bonds is 6. The zero-order valence-electron chi connectivity index (χ0n) is 8.40. The van der Waals surface area contributed by atoms with Gasteiger partial charge < -0.3 is 14.9 Å². The van der Waals surface area contributed by atoms with Crippen molar-refractivity contribution in [2.75, 3.05) is 0 Å². The maximum atomic E-state index is 11.0. The molecule has 0 saturated carbocycles. The minimum absolute atomic E-state index is 0.167. The van der Waals surface area contributed by atoms with E-state index in [0.717, 1.165) is 0 Å². The van der Waals surface area contributed by atoms with Gasteiger partial charge >= 0.3 is 11.9 Å². The van der Waals surface area contributed by atoms with E-state index in [4.69, 9.17) is 5.11 Å². The van der Waals surface area contributed by atoms with E-state index in [1.807, 2.05) is 0 Å². The summed E-state index contributed by atoms with van der Waals surface area (Å²) in [6.07, 6.45) is -1.60. The average Bonchev–Trinajstić information content (AvgIpc) is 2.13. The summed E-state index contributed by atoms with van der Waals surface area (Å²) in [6.45, 7) is 3.40. The van der Waals surface area contributed by atoms with Crippen LogP contribution in [0.25, 0.3) is 0 Å². The smallest absolute Gasteiger partial charge is 0.347 e. The van der Waals surface area contributed by atoms with Crippen molar-refractivity contribution in [3.8, 4) is 0 Å². The van der Waals surface area contributed by atoms with Crippen LogP contribution in [0.3, 0.4) is 0 Å². The normalized spacial score (nSPS) is 14.5. The van der Waals surface area contributed by atoms with Crippen LogP contribution in [-0.4, -0.2) is 34.4 Å². The first-order valence-electron chi connectivity index (χ1n) is 4.63. The number of aliphatic hydroxyl groups excluding tert-OH is 1. The van der Waals surface area contributed by atoms with E-state index in [0.29, 0.717) is 6.42 Å². The van der Waals surface area contributed by atoms with Gasteiger partial charge in [0.1, 0.15) is 6.10 Å². The molecule has 0 bridgehead atoms. The van der Waals surface area contributed by atoms with E-state index in [2.05, 4.69) is 4.74 Å². The summed E-state index contributed by atoms with van der Waals surface area (Å²) in [5.74, 6) is -1.91. The van der Waals surface area contributed by atoms with Gasteiger partial charge in [0.25, 0.3) is 0 Å². The van der Waals surface area contributed by atoms with Gasteiger partial charge in [0, 0.05) is 6.42 Å². The molecule has 0 radical (unpaired) electrons. The Balaban J connectivity index is 4.23. The van der Waals surface area contributed by atoms with Gasteiger partial charge in [-0.2, -0.15) is 0 Å². The van der Waals surface area contributed by atoms with Crippen LogP contribution in [0.4, 0.5) is 0 Å². The fourth-order valence-corrected chi connectivity index (χ4v) is 0.912. The monoisotopic (exact) mass is 204 g/mol. The van der Waals surface area contributed by atoms with Crippen molar-refractivity contribution in [2.24, 2.45) is 0 Å². The van der Waals surface area contributed by atoms with Crippen LogP contribution < -0.4 is 0 Å². The molecule has 2 unspecified atom stereocenters. The minimum Gasteiger partial charge on any atom is -0.478 e. The van der Waals surface area contributed by atoms with Crippen molar-refractivity contribution in [3.63, 3.8) is 0 Å². The molecule has 14 heavy (non-hydrogen) atoms. The predicted octanol–water partition coefficient (Wildman–Crippen LogP) is 0.554. The average molecular weight is 204 g/mol. The van der Waals surface area contributed by atoms with Crippen LogP contribution >= 0.6 is 0 Å². The molecule has 0 fully saturated rings. The molecule has 2 N–H and O–H groups in total. The van der Waals surface area contributed by atoms with E-state index < -0.39 is 24.1 Å². The molecule has 5 nitrogen and oxygen atoms in total. The topological polar surface area (TPSA) is 83.8 Å². The molecule has 82 valence electrons. The van der Waals surface area contributed by atoms with Gasteiger partial charge in [0.15, 0.2) is 0 Å². The van der Waals surface area contributed by atoms with Crippen molar-refractivity contribution in [2.45, 2.75) is 45.3 Å². The highest BCUT2D eigenvalue weighted by Gasteiger charge is 2.28. The van der Waals surface area contributed by atoms with Crippen molar-refractivity contribution in [1.82, 2.24) is 0 Å². The fourth-order valence-electron chi connectivity index (χ4n) is 0.912. The fraction of sp³-hybridized carbons (Fsp3) is 0.778. The van der Waals surface area contributed by atoms with E-state index in [1.54, 1.807) is 13.8 Å². The quantitative estimate of drug-likeness (QED) is 0.617. The number of hydrogen-bond donors (Lipinski definition) is 2. The third-order valence-corrected chi connectivity index (χ3v) is 1.72. The molecule has 0 aromatic carbocycles. The second-order valence-electron chi connectivity index (χ2n) is 2.97. The van der Waals surface area contributed by atoms with Gasteiger partial charge in [0.2, 0.25) is 6.10 Å². The first kappa shape index (κ1) is 12.9.